The first-order chi connectivity index (χ1) is 13.3. The second-order valence-electron chi connectivity index (χ2n) is 7.66. The van der Waals surface area contributed by atoms with Gasteiger partial charge in [-0.05, 0) is 31.0 Å². The van der Waals surface area contributed by atoms with Gasteiger partial charge in [-0.2, -0.15) is 0 Å². The van der Waals surface area contributed by atoms with Crippen molar-refractivity contribution in [3.8, 4) is 0 Å². The highest BCUT2D eigenvalue weighted by molar-refractivity contribution is 7.89. The molecule has 0 bridgehead atoms. The molecule has 0 atom stereocenters. The number of carbonyl (C=O) groups is 1. The van der Waals surface area contributed by atoms with Crippen molar-refractivity contribution >= 4 is 33.3 Å². The number of benzene rings is 1. The highest BCUT2D eigenvalue weighted by Gasteiger charge is 2.26. The van der Waals surface area contributed by atoms with E-state index in [9.17, 15) is 13.2 Å². The lowest BCUT2D eigenvalue weighted by molar-refractivity contribution is 0.186. The average molecular weight is 429 g/mol. The quantitative estimate of drug-likeness (QED) is 0.800. The maximum atomic E-state index is 12.5. The Kier molecular flexibility index (Phi) is 6.73. The first kappa shape index (κ1) is 21.2. The van der Waals surface area contributed by atoms with Gasteiger partial charge in [0, 0.05) is 46.3 Å². The highest BCUT2D eigenvalue weighted by atomic mass is 35.5. The van der Waals surface area contributed by atoms with Crippen LogP contribution in [0.5, 0.6) is 0 Å². The van der Waals surface area contributed by atoms with Gasteiger partial charge in [-0.15, -0.1) is 0 Å². The number of halogens is 1. The third-order valence-electron chi connectivity index (χ3n) is 5.54. The van der Waals surface area contributed by atoms with Gasteiger partial charge in [0.05, 0.1) is 15.6 Å². The molecule has 1 heterocycles. The van der Waals surface area contributed by atoms with Gasteiger partial charge in [0.15, 0.2) is 0 Å². The van der Waals surface area contributed by atoms with Crippen LogP contribution in [0.3, 0.4) is 0 Å². The second-order valence-corrected chi connectivity index (χ2v) is 10.2. The Morgan fingerprint density at radius 1 is 1.11 bits per heavy atom. The van der Waals surface area contributed by atoms with Gasteiger partial charge in [0.1, 0.15) is 0 Å². The molecule has 156 valence electrons. The summed E-state index contributed by atoms with van der Waals surface area (Å²) in [7, 11) is -0.522. The monoisotopic (exact) mass is 428 g/mol. The van der Waals surface area contributed by atoms with E-state index in [1.54, 1.807) is 12.1 Å². The minimum absolute atomic E-state index is 0.0186. The zero-order valence-corrected chi connectivity index (χ0v) is 18.1. The van der Waals surface area contributed by atoms with Gasteiger partial charge in [-0.1, -0.05) is 30.9 Å². The molecule has 2 fully saturated rings. The predicted octanol–water partition coefficient (Wildman–Crippen LogP) is 2.75. The second kappa shape index (κ2) is 8.88. The lowest BCUT2D eigenvalue weighted by Crippen LogP contribution is -2.53. The Balaban J connectivity index is 1.59. The summed E-state index contributed by atoms with van der Waals surface area (Å²) in [6.07, 6.45) is 5.79. The number of nitrogens with one attached hydrogen (secondary N) is 1. The number of anilines is 1. The van der Waals surface area contributed by atoms with E-state index in [0.29, 0.717) is 37.2 Å². The molecule has 1 aliphatic carbocycles. The molecule has 2 amide bonds. The first-order valence-electron chi connectivity index (χ1n) is 9.81. The van der Waals surface area contributed by atoms with Crippen molar-refractivity contribution in [2.24, 2.45) is 0 Å². The van der Waals surface area contributed by atoms with Crippen LogP contribution in [-0.2, 0) is 10.0 Å². The smallest absolute Gasteiger partial charge is 0.317 e. The Bertz CT molecular complexity index is 801. The Labute approximate surface area is 172 Å². The molecule has 0 radical (unpaired) electrons. The Morgan fingerprint density at radius 3 is 2.32 bits per heavy atom. The van der Waals surface area contributed by atoms with Gasteiger partial charge < -0.3 is 15.1 Å². The van der Waals surface area contributed by atoms with Crippen LogP contribution in [0.15, 0.2) is 23.1 Å². The molecule has 1 aromatic carbocycles. The molecular formula is C19H29ClN4O3S. The number of hydrogen-bond donors (Lipinski definition) is 1. The lowest BCUT2D eigenvalue weighted by Gasteiger charge is -2.37. The predicted molar refractivity (Wildman–Crippen MR) is 112 cm³/mol. The fourth-order valence-corrected chi connectivity index (χ4v) is 5.07. The van der Waals surface area contributed by atoms with Crippen molar-refractivity contribution in [2.45, 2.75) is 43.0 Å². The number of amides is 2. The number of urea groups is 1. The minimum Gasteiger partial charge on any atom is -0.367 e. The van der Waals surface area contributed by atoms with E-state index in [-0.39, 0.29) is 10.9 Å². The SMILES string of the molecule is CN(C)S(=O)(=O)c1ccc(N2CCN(C(=O)NC3CCCCC3)CC2)c(Cl)c1. The van der Waals surface area contributed by atoms with Gasteiger partial charge in [-0.25, -0.2) is 17.5 Å². The molecule has 7 nitrogen and oxygen atoms in total. The van der Waals surface area contributed by atoms with E-state index >= 15 is 0 Å². The Morgan fingerprint density at radius 2 is 1.75 bits per heavy atom. The van der Waals surface area contributed by atoms with E-state index < -0.39 is 10.0 Å². The molecule has 0 spiro atoms. The molecule has 1 aromatic rings. The molecule has 0 unspecified atom stereocenters. The van der Waals surface area contributed by atoms with E-state index in [2.05, 4.69) is 10.2 Å². The maximum Gasteiger partial charge on any atom is 0.317 e. The molecule has 0 aromatic heterocycles. The zero-order valence-electron chi connectivity index (χ0n) is 16.5. The molecule has 3 rings (SSSR count). The molecule has 1 N–H and O–H groups in total. The normalized spacial score (nSPS) is 19.1. The molecule has 1 aliphatic heterocycles. The molecule has 28 heavy (non-hydrogen) atoms. The summed E-state index contributed by atoms with van der Waals surface area (Å²) in [5.41, 5.74) is 0.798. The summed E-state index contributed by atoms with van der Waals surface area (Å²) in [5, 5.41) is 3.57. The van der Waals surface area contributed by atoms with Gasteiger partial charge in [0.2, 0.25) is 10.0 Å². The summed E-state index contributed by atoms with van der Waals surface area (Å²) >= 11 is 6.38. The van der Waals surface area contributed by atoms with Crippen molar-refractivity contribution in [1.29, 1.82) is 0 Å². The first-order valence-corrected chi connectivity index (χ1v) is 11.6. The summed E-state index contributed by atoms with van der Waals surface area (Å²) in [4.78, 5) is 16.6. The van der Waals surface area contributed by atoms with Gasteiger partial charge in [-0.3, -0.25) is 0 Å². The van der Waals surface area contributed by atoms with Crippen molar-refractivity contribution < 1.29 is 13.2 Å². The number of rotatable bonds is 4. The van der Waals surface area contributed by atoms with Crippen LogP contribution < -0.4 is 10.2 Å². The zero-order chi connectivity index (χ0) is 20.3. The van der Waals surface area contributed by atoms with Crippen molar-refractivity contribution in [1.82, 2.24) is 14.5 Å². The number of hydrogen-bond acceptors (Lipinski definition) is 4. The van der Waals surface area contributed by atoms with Crippen LogP contribution in [0.2, 0.25) is 5.02 Å². The molecule has 9 heteroatoms. The number of sulfonamides is 1. The van der Waals surface area contributed by atoms with Crippen LogP contribution in [0.1, 0.15) is 32.1 Å². The fourth-order valence-electron chi connectivity index (χ4n) is 3.78. The van der Waals surface area contributed by atoms with Crippen LogP contribution in [-0.4, -0.2) is 70.0 Å². The summed E-state index contributed by atoms with van der Waals surface area (Å²) in [6.45, 7) is 2.56. The molecule has 2 aliphatic rings. The fraction of sp³-hybridized carbons (Fsp3) is 0.632. The van der Waals surface area contributed by atoms with Crippen LogP contribution in [0.25, 0.3) is 0 Å². The van der Waals surface area contributed by atoms with Crippen LogP contribution in [0.4, 0.5) is 10.5 Å². The largest absolute Gasteiger partial charge is 0.367 e. The number of nitrogens with zero attached hydrogens (tertiary/aromatic N) is 3. The van der Waals surface area contributed by atoms with Gasteiger partial charge >= 0.3 is 6.03 Å². The van der Waals surface area contributed by atoms with E-state index in [1.165, 1.54) is 43.7 Å². The molecule has 1 saturated heterocycles. The number of piperazine rings is 1. The topological polar surface area (TPSA) is 73.0 Å². The third kappa shape index (κ3) is 4.72. The van der Waals surface area contributed by atoms with E-state index in [0.717, 1.165) is 18.5 Å². The average Bonchev–Trinajstić information content (AvgIpc) is 2.68. The maximum absolute atomic E-state index is 12.5. The van der Waals surface area contributed by atoms with Crippen LogP contribution in [0, 0.1) is 0 Å². The Hall–Kier alpha value is -1.51. The van der Waals surface area contributed by atoms with Crippen molar-refractivity contribution in [2.75, 3.05) is 45.2 Å². The van der Waals surface area contributed by atoms with Crippen molar-refractivity contribution in [3.05, 3.63) is 23.2 Å². The van der Waals surface area contributed by atoms with E-state index in [1.807, 2.05) is 4.90 Å². The van der Waals surface area contributed by atoms with Crippen LogP contribution >= 0.6 is 11.6 Å². The standard InChI is InChI=1S/C19H29ClN4O3S/c1-22(2)28(26,27)16-8-9-18(17(20)14-16)23-10-12-24(13-11-23)19(25)21-15-6-4-3-5-7-15/h8-9,14-15H,3-7,10-13H2,1-2H3,(H,21,25). The van der Waals surface area contributed by atoms with E-state index in [4.69, 9.17) is 11.6 Å². The van der Waals surface area contributed by atoms with Gasteiger partial charge in [0.25, 0.3) is 0 Å². The molecular weight excluding hydrogens is 400 g/mol. The summed E-state index contributed by atoms with van der Waals surface area (Å²) < 4.78 is 25.7. The minimum atomic E-state index is -3.51. The van der Waals surface area contributed by atoms with Crippen molar-refractivity contribution in [3.63, 3.8) is 0 Å². The summed E-state index contributed by atoms with van der Waals surface area (Å²) in [6, 6.07) is 5.15. The highest BCUT2D eigenvalue weighted by Crippen LogP contribution is 2.30. The molecule has 1 saturated carbocycles. The summed E-state index contributed by atoms with van der Waals surface area (Å²) in [5.74, 6) is 0. The number of carbonyl (C=O) groups excluding carboxylic acids is 1. The third-order valence-corrected chi connectivity index (χ3v) is 7.65. The lowest BCUT2D eigenvalue weighted by atomic mass is 9.96.